The van der Waals surface area contributed by atoms with Crippen molar-refractivity contribution < 1.29 is 0 Å². The molecule has 1 saturated heterocycles. The molecule has 0 bridgehead atoms. The van der Waals surface area contributed by atoms with E-state index in [0.29, 0.717) is 0 Å². The molecule has 1 aromatic rings. The third-order valence-electron chi connectivity index (χ3n) is 3.25. The molecule has 0 amide bonds. The largest absolute Gasteiger partial charge is 0.293 e. The fraction of sp³-hybridized carbons (Fsp3) is 0.538. The second-order valence-electron chi connectivity index (χ2n) is 5.22. The summed E-state index contributed by atoms with van der Waals surface area (Å²) in [7, 11) is 0. The molecule has 1 spiro atoms. The van der Waals surface area contributed by atoms with Gasteiger partial charge in [-0.3, -0.25) is 5.32 Å². The van der Waals surface area contributed by atoms with E-state index in [1.54, 1.807) is 0 Å². The van der Waals surface area contributed by atoms with Crippen molar-refractivity contribution in [1.82, 2.24) is 5.32 Å². The SMILES string of the molecule is CC1(C)CSC2(CCSc3ccccc32)N1. The highest BCUT2D eigenvalue weighted by atomic mass is 32.2. The highest BCUT2D eigenvalue weighted by molar-refractivity contribution is 8.01. The molecule has 3 heteroatoms. The Hall–Kier alpha value is -0.120. The zero-order valence-corrected chi connectivity index (χ0v) is 11.4. The molecular weight excluding hydrogens is 234 g/mol. The Labute approximate surface area is 106 Å². The van der Waals surface area contributed by atoms with Crippen molar-refractivity contribution in [3.63, 3.8) is 0 Å². The van der Waals surface area contributed by atoms with E-state index in [4.69, 9.17) is 0 Å². The van der Waals surface area contributed by atoms with Gasteiger partial charge in [0, 0.05) is 21.9 Å². The number of fused-ring (bicyclic) bond motifs is 2. The molecule has 86 valence electrons. The van der Waals surface area contributed by atoms with E-state index < -0.39 is 0 Å². The molecule has 0 radical (unpaired) electrons. The highest BCUT2D eigenvalue weighted by Crippen LogP contribution is 2.51. The lowest BCUT2D eigenvalue weighted by molar-refractivity contribution is 0.358. The molecule has 0 aliphatic carbocycles. The van der Waals surface area contributed by atoms with Crippen LogP contribution in [0.3, 0.4) is 0 Å². The van der Waals surface area contributed by atoms with Crippen LogP contribution in [0, 0.1) is 0 Å². The smallest absolute Gasteiger partial charge is 0.0925 e. The molecule has 1 unspecified atom stereocenters. The number of nitrogens with one attached hydrogen (secondary N) is 1. The molecule has 2 aliphatic heterocycles. The van der Waals surface area contributed by atoms with Gasteiger partial charge in [0.05, 0.1) is 4.87 Å². The molecule has 16 heavy (non-hydrogen) atoms. The van der Waals surface area contributed by atoms with Crippen LogP contribution < -0.4 is 5.32 Å². The van der Waals surface area contributed by atoms with Crippen molar-refractivity contribution in [3.05, 3.63) is 29.8 Å². The van der Waals surface area contributed by atoms with Gasteiger partial charge in [-0.2, -0.15) is 0 Å². The maximum absolute atomic E-state index is 3.85. The summed E-state index contributed by atoms with van der Waals surface area (Å²) in [5, 5.41) is 3.85. The molecule has 0 saturated carbocycles. The van der Waals surface area contributed by atoms with Crippen molar-refractivity contribution in [2.24, 2.45) is 0 Å². The second kappa shape index (κ2) is 3.69. The minimum absolute atomic E-state index is 0.186. The fourth-order valence-corrected chi connectivity index (χ4v) is 5.57. The maximum Gasteiger partial charge on any atom is 0.0925 e. The second-order valence-corrected chi connectivity index (χ2v) is 7.63. The van der Waals surface area contributed by atoms with Crippen LogP contribution in [-0.2, 0) is 4.87 Å². The summed E-state index contributed by atoms with van der Waals surface area (Å²) in [5.41, 5.74) is 1.77. The topological polar surface area (TPSA) is 12.0 Å². The normalized spacial score (nSPS) is 31.6. The Kier molecular flexibility index (Phi) is 2.54. The Morgan fingerprint density at radius 2 is 2.06 bits per heavy atom. The first-order chi connectivity index (χ1) is 7.61. The Bertz CT molecular complexity index is 416. The average Bonchev–Trinajstić information content (AvgIpc) is 2.56. The summed E-state index contributed by atoms with van der Waals surface area (Å²) in [6.45, 7) is 4.61. The summed E-state index contributed by atoms with van der Waals surface area (Å²) < 4.78 is 0. The van der Waals surface area contributed by atoms with Gasteiger partial charge in [-0.05, 0) is 31.9 Å². The van der Waals surface area contributed by atoms with Crippen LogP contribution in [-0.4, -0.2) is 17.0 Å². The van der Waals surface area contributed by atoms with Crippen LogP contribution >= 0.6 is 23.5 Å². The summed E-state index contributed by atoms with van der Waals surface area (Å²) in [6, 6.07) is 8.87. The summed E-state index contributed by atoms with van der Waals surface area (Å²) in [4.78, 5) is 1.65. The van der Waals surface area contributed by atoms with Crippen molar-refractivity contribution in [1.29, 1.82) is 0 Å². The monoisotopic (exact) mass is 251 g/mol. The lowest BCUT2D eigenvalue weighted by atomic mass is 9.99. The zero-order valence-electron chi connectivity index (χ0n) is 9.75. The first-order valence-corrected chi connectivity index (χ1v) is 7.74. The molecule has 1 N–H and O–H groups in total. The molecule has 0 aromatic heterocycles. The van der Waals surface area contributed by atoms with Crippen molar-refractivity contribution in [2.45, 2.75) is 35.6 Å². The molecule has 2 aliphatic rings. The minimum atomic E-state index is 0.186. The lowest BCUT2D eigenvalue weighted by Gasteiger charge is -2.36. The fourth-order valence-electron chi connectivity index (χ4n) is 2.57. The Morgan fingerprint density at radius 3 is 2.81 bits per heavy atom. The van der Waals surface area contributed by atoms with Crippen molar-refractivity contribution in [3.8, 4) is 0 Å². The maximum atomic E-state index is 3.85. The van der Waals surface area contributed by atoms with Crippen LogP contribution in [0.4, 0.5) is 0 Å². The van der Waals surface area contributed by atoms with E-state index in [1.165, 1.54) is 28.4 Å². The van der Waals surface area contributed by atoms with Crippen molar-refractivity contribution in [2.75, 3.05) is 11.5 Å². The van der Waals surface area contributed by atoms with Gasteiger partial charge in [-0.25, -0.2) is 0 Å². The Morgan fingerprint density at radius 1 is 1.25 bits per heavy atom. The predicted molar refractivity (Wildman–Crippen MR) is 73.1 cm³/mol. The van der Waals surface area contributed by atoms with Crippen LogP contribution in [0.25, 0.3) is 0 Å². The molecular formula is C13H17NS2. The van der Waals surface area contributed by atoms with Gasteiger partial charge < -0.3 is 0 Å². The van der Waals surface area contributed by atoms with Gasteiger partial charge in [0.1, 0.15) is 0 Å². The van der Waals surface area contributed by atoms with Gasteiger partial charge >= 0.3 is 0 Å². The lowest BCUT2D eigenvalue weighted by Crippen LogP contribution is -2.46. The quantitative estimate of drug-likeness (QED) is 0.758. The minimum Gasteiger partial charge on any atom is -0.293 e. The predicted octanol–water partition coefficient (Wildman–Crippen LogP) is 3.45. The third kappa shape index (κ3) is 1.69. The number of hydrogen-bond donors (Lipinski definition) is 1. The van der Waals surface area contributed by atoms with E-state index >= 15 is 0 Å². The zero-order chi connectivity index (χ0) is 11.2. The standard InChI is InChI=1S/C13H17NS2/c1-12(2)9-16-13(14-12)7-8-15-11-6-4-3-5-10(11)13/h3-6,14H,7-9H2,1-2H3. The number of thioether (sulfide) groups is 2. The van der Waals surface area contributed by atoms with Crippen LogP contribution in [0.1, 0.15) is 25.8 Å². The third-order valence-corrected chi connectivity index (χ3v) is 6.21. The van der Waals surface area contributed by atoms with E-state index in [0.717, 1.165) is 0 Å². The van der Waals surface area contributed by atoms with Crippen molar-refractivity contribution >= 4 is 23.5 Å². The first-order valence-electron chi connectivity index (χ1n) is 5.77. The summed E-state index contributed by atoms with van der Waals surface area (Å²) in [6.07, 6.45) is 1.24. The van der Waals surface area contributed by atoms with E-state index in [1.807, 2.05) is 11.8 Å². The van der Waals surface area contributed by atoms with Gasteiger partial charge in [-0.15, -0.1) is 23.5 Å². The molecule has 1 atom stereocenters. The van der Waals surface area contributed by atoms with Gasteiger partial charge in [0.2, 0.25) is 0 Å². The van der Waals surface area contributed by atoms with Crippen LogP contribution in [0.5, 0.6) is 0 Å². The van der Waals surface area contributed by atoms with Crippen LogP contribution in [0.15, 0.2) is 29.2 Å². The molecule has 1 nitrogen and oxygen atoms in total. The number of benzene rings is 1. The van der Waals surface area contributed by atoms with E-state index in [2.05, 4.69) is 55.2 Å². The molecule has 3 rings (SSSR count). The highest BCUT2D eigenvalue weighted by Gasteiger charge is 2.46. The van der Waals surface area contributed by atoms with Gasteiger partial charge in [0.25, 0.3) is 0 Å². The Balaban J connectivity index is 2.05. The van der Waals surface area contributed by atoms with Gasteiger partial charge in [0.15, 0.2) is 0 Å². The van der Waals surface area contributed by atoms with Gasteiger partial charge in [-0.1, -0.05) is 18.2 Å². The average molecular weight is 251 g/mol. The molecule has 1 aromatic carbocycles. The molecule has 1 fully saturated rings. The first kappa shape index (κ1) is 11.0. The van der Waals surface area contributed by atoms with E-state index in [-0.39, 0.29) is 10.4 Å². The molecule has 2 heterocycles. The summed E-state index contributed by atoms with van der Waals surface area (Å²) >= 11 is 4.09. The summed E-state index contributed by atoms with van der Waals surface area (Å²) in [5.74, 6) is 2.43. The van der Waals surface area contributed by atoms with E-state index in [9.17, 15) is 0 Å². The van der Waals surface area contributed by atoms with Crippen LogP contribution in [0.2, 0.25) is 0 Å². The number of rotatable bonds is 0. The number of hydrogen-bond acceptors (Lipinski definition) is 3.